The molecule has 0 radical (unpaired) electrons. The second-order valence-corrected chi connectivity index (χ2v) is 6.90. The summed E-state index contributed by atoms with van der Waals surface area (Å²) < 4.78 is 23.3. The molecule has 1 unspecified atom stereocenters. The van der Waals surface area contributed by atoms with Crippen molar-refractivity contribution in [1.29, 1.82) is 0 Å². The molecule has 0 N–H and O–H groups in total. The first kappa shape index (κ1) is 16.7. The zero-order valence-corrected chi connectivity index (χ0v) is 14.9. The maximum Gasteiger partial charge on any atom is 0.344 e. The first-order chi connectivity index (χ1) is 11.5. The minimum absolute atomic E-state index is 0.260. The third-order valence-corrected chi connectivity index (χ3v) is 5.12. The number of hydrogen-bond acceptors (Lipinski definition) is 6. The highest BCUT2D eigenvalue weighted by Gasteiger charge is 2.29. The molecule has 0 aromatic carbocycles. The Balaban J connectivity index is 1.79. The second-order valence-electron chi connectivity index (χ2n) is 5.55. The van der Waals surface area contributed by atoms with Gasteiger partial charge in [-0.15, -0.1) is 0 Å². The monoisotopic (exact) mass is 345 g/mol. The summed E-state index contributed by atoms with van der Waals surface area (Å²) in [5.41, 5.74) is 4.14. The molecule has 0 spiro atoms. The molecular weight excluding hydrogens is 326 g/mol. The van der Waals surface area contributed by atoms with E-state index >= 15 is 0 Å². The summed E-state index contributed by atoms with van der Waals surface area (Å²) in [5, 5.41) is 0.336. The van der Waals surface area contributed by atoms with Gasteiger partial charge in [-0.05, 0) is 26.0 Å². The van der Waals surface area contributed by atoms with Gasteiger partial charge in [-0.2, -0.15) is 9.98 Å². The third kappa shape index (κ3) is 3.09. The van der Waals surface area contributed by atoms with Gasteiger partial charge in [-0.1, -0.05) is 0 Å². The van der Waals surface area contributed by atoms with Crippen LogP contribution >= 0.6 is 0 Å². The zero-order valence-electron chi connectivity index (χ0n) is 14.1. The van der Waals surface area contributed by atoms with Gasteiger partial charge in [-0.25, -0.2) is 0 Å². The van der Waals surface area contributed by atoms with Gasteiger partial charge in [0.25, 0.3) is 0 Å². The summed E-state index contributed by atoms with van der Waals surface area (Å²) in [7, 11) is 3.25. The minimum Gasteiger partial charge on any atom is -0.609 e. The van der Waals surface area contributed by atoms with E-state index in [1.165, 1.54) is 0 Å². The molecule has 1 aromatic rings. The fourth-order valence-corrected chi connectivity index (χ4v) is 3.75. The van der Waals surface area contributed by atoms with Gasteiger partial charge in [-0.3, -0.25) is 4.98 Å². The number of aliphatic imine (C=N–C) groups is 2. The Morgan fingerprint density at radius 1 is 1.17 bits per heavy atom. The molecule has 1 atom stereocenters. The molecule has 0 fully saturated rings. The Morgan fingerprint density at radius 3 is 2.67 bits per heavy atom. The van der Waals surface area contributed by atoms with Crippen LogP contribution < -0.4 is 4.74 Å². The summed E-state index contributed by atoms with van der Waals surface area (Å²) in [6.45, 7) is 3.86. The van der Waals surface area contributed by atoms with Gasteiger partial charge in [0.2, 0.25) is 0 Å². The Hall–Kier alpha value is -2.12. The molecule has 0 saturated heterocycles. The average Bonchev–Trinajstić information content (AvgIpc) is 3.01. The van der Waals surface area contributed by atoms with Crippen LogP contribution in [0.4, 0.5) is 0 Å². The van der Waals surface area contributed by atoms with E-state index in [2.05, 4.69) is 15.0 Å². The van der Waals surface area contributed by atoms with Crippen molar-refractivity contribution in [2.45, 2.75) is 26.0 Å². The fourth-order valence-electron chi connectivity index (χ4n) is 2.67. The Kier molecular flexibility index (Phi) is 4.73. The lowest BCUT2D eigenvalue weighted by molar-refractivity contribution is 0.287. The van der Waals surface area contributed by atoms with Crippen LogP contribution in [-0.4, -0.2) is 34.6 Å². The van der Waals surface area contributed by atoms with E-state index in [0.717, 1.165) is 39.7 Å². The zero-order chi connectivity index (χ0) is 17.3. The molecule has 0 saturated carbocycles. The van der Waals surface area contributed by atoms with Crippen molar-refractivity contribution in [3.8, 4) is 5.75 Å². The molecular formula is C17H19N3O3S. The molecule has 24 heavy (non-hydrogen) atoms. The van der Waals surface area contributed by atoms with Crippen molar-refractivity contribution in [1.82, 2.24) is 4.98 Å². The van der Waals surface area contributed by atoms with Gasteiger partial charge >= 0.3 is 5.17 Å². The van der Waals surface area contributed by atoms with Gasteiger partial charge in [0.05, 0.1) is 31.3 Å². The van der Waals surface area contributed by atoms with Gasteiger partial charge < -0.3 is 14.0 Å². The lowest BCUT2D eigenvalue weighted by atomic mass is 10.1. The van der Waals surface area contributed by atoms with Crippen LogP contribution in [0, 0.1) is 13.8 Å². The normalized spacial score (nSPS) is 17.4. The number of rotatable bonds is 4. The summed E-state index contributed by atoms with van der Waals surface area (Å²) >= 11 is -1.36. The highest BCUT2D eigenvalue weighted by Crippen LogP contribution is 2.27. The van der Waals surface area contributed by atoms with Gasteiger partial charge in [0.15, 0.2) is 5.75 Å². The average molecular weight is 345 g/mol. The molecule has 1 aromatic heterocycles. The van der Waals surface area contributed by atoms with E-state index in [-0.39, 0.29) is 5.75 Å². The number of ether oxygens (including phenoxy) is 2. The van der Waals surface area contributed by atoms with Crippen LogP contribution in [0.5, 0.6) is 5.75 Å². The molecule has 126 valence electrons. The predicted molar refractivity (Wildman–Crippen MR) is 94.8 cm³/mol. The Morgan fingerprint density at radius 2 is 1.96 bits per heavy atom. The molecule has 0 bridgehead atoms. The maximum absolute atomic E-state index is 12.7. The first-order valence-electron chi connectivity index (χ1n) is 7.52. The molecule has 7 heteroatoms. The molecule has 1 aliphatic carbocycles. The summed E-state index contributed by atoms with van der Waals surface area (Å²) in [5.74, 6) is 1.86. The quantitative estimate of drug-likeness (QED) is 0.786. The molecule has 6 nitrogen and oxygen atoms in total. The van der Waals surface area contributed by atoms with Crippen LogP contribution in [0.15, 0.2) is 39.8 Å². The fraction of sp³-hybridized carbons (Fsp3) is 0.353. The van der Waals surface area contributed by atoms with Crippen molar-refractivity contribution >= 4 is 22.1 Å². The smallest absolute Gasteiger partial charge is 0.344 e. The van der Waals surface area contributed by atoms with Gasteiger partial charge in [0, 0.05) is 34.9 Å². The highest BCUT2D eigenvalue weighted by atomic mass is 32.2. The van der Waals surface area contributed by atoms with Crippen molar-refractivity contribution in [3.63, 3.8) is 0 Å². The number of pyridine rings is 1. The summed E-state index contributed by atoms with van der Waals surface area (Å²) in [4.78, 5) is 13.2. The van der Waals surface area contributed by atoms with E-state index in [0.29, 0.717) is 11.6 Å². The molecule has 2 heterocycles. The topological polar surface area (TPSA) is 79.1 Å². The van der Waals surface area contributed by atoms with Crippen LogP contribution in [0.2, 0.25) is 0 Å². The predicted octanol–water partition coefficient (Wildman–Crippen LogP) is 2.58. The van der Waals surface area contributed by atoms with Gasteiger partial charge in [0.1, 0.15) is 11.5 Å². The summed E-state index contributed by atoms with van der Waals surface area (Å²) in [6.07, 6.45) is 6.00. The SMILES string of the molecule is COC1=CC=C2N=C([S+]([O-])Cc3ncc(C)c(OC)c3C)N=C2C1. The lowest BCUT2D eigenvalue weighted by Crippen LogP contribution is -2.16. The third-order valence-electron chi connectivity index (χ3n) is 3.99. The standard InChI is InChI=1S/C17H19N3O3S/c1-10-8-18-15(11(2)16(10)23-4)9-24(21)17-19-13-6-5-12(22-3)7-14(13)20-17/h5-6,8H,7,9H2,1-4H3. The van der Waals surface area contributed by atoms with E-state index < -0.39 is 11.2 Å². The van der Waals surface area contributed by atoms with Crippen molar-refractivity contribution in [2.75, 3.05) is 14.2 Å². The lowest BCUT2D eigenvalue weighted by Gasteiger charge is -2.13. The minimum atomic E-state index is -1.36. The number of amidine groups is 1. The number of nitrogens with zero attached hydrogens (tertiary/aromatic N) is 3. The van der Waals surface area contributed by atoms with Crippen LogP contribution in [0.3, 0.4) is 0 Å². The highest BCUT2D eigenvalue weighted by molar-refractivity contribution is 8.05. The van der Waals surface area contributed by atoms with E-state index in [1.807, 2.05) is 26.0 Å². The van der Waals surface area contributed by atoms with Crippen molar-refractivity contribution < 1.29 is 14.0 Å². The second kappa shape index (κ2) is 6.78. The number of aryl methyl sites for hydroxylation is 1. The van der Waals surface area contributed by atoms with E-state index in [4.69, 9.17) is 9.47 Å². The van der Waals surface area contributed by atoms with Crippen LogP contribution in [0.25, 0.3) is 0 Å². The molecule has 0 amide bonds. The number of fused-ring (bicyclic) bond motifs is 1. The van der Waals surface area contributed by atoms with Crippen molar-refractivity contribution in [3.05, 3.63) is 46.6 Å². The molecule has 1 aliphatic heterocycles. The first-order valence-corrected chi connectivity index (χ1v) is 8.84. The summed E-state index contributed by atoms with van der Waals surface area (Å²) in [6, 6.07) is 0. The molecule has 2 aliphatic rings. The Labute approximate surface area is 144 Å². The number of hydrogen-bond donors (Lipinski definition) is 0. The van der Waals surface area contributed by atoms with E-state index in [1.54, 1.807) is 20.4 Å². The maximum atomic E-state index is 12.7. The van der Waals surface area contributed by atoms with Crippen LogP contribution in [-0.2, 0) is 21.7 Å². The van der Waals surface area contributed by atoms with Crippen LogP contribution in [0.1, 0.15) is 23.2 Å². The Bertz CT molecular complexity index is 797. The largest absolute Gasteiger partial charge is 0.609 e. The number of aromatic nitrogens is 1. The number of methoxy groups -OCH3 is 2. The molecule has 3 rings (SSSR count). The van der Waals surface area contributed by atoms with E-state index in [9.17, 15) is 4.55 Å². The number of allylic oxidation sites excluding steroid dienone is 4. The van der Waals surface area contributed by atoms with Crippen molar-refractivity contribution in [2.24, 2.45) is 9.98 Å².